The summed E-state index contributed by atoms with van der Waals surface area (Å²) < 4.78 is 0. The van der Waals surface area contributed by atoms with Crippen LogP contribution in [-0.4, -0.2) is 267 Å². The van der Waals surface area contributed by atoms with E-state index >= 15 is 0 Å². The molecule has 0 aromatic heterocycles. The SMILES string of the molecule is CSCC[C@H](NC(=O)[C@H](CC(C)C)NC(=O)[C@@H](N)CC(N)=O)C(=O)N[C@@H](CC(N)=O)C(=O)N[C@@H](CCCN=C(N)N)C(=O)N[C@@H](C)C(=O)N[C@H](C(=O)N[C@@H](CO)C(=O)N[C@H](C(=O)N[C@@H](CC(C)C)C(=O)N1CCC[C@H]1C(=O)N[C@@H](CCCN=C(N)N)C(=O)N[C@H](C(=O)N[C@@H](CC(=O)O)C(=O)O)C(C)C)[C@@H](C)O)C(C)C. The van der Waals surface area contributed by atoms with E-state index in [1.165, 1.54) is 51.3 Å². The van der Waals surface area contributed by atoms with E-state index in [2.05, 4.69) is 73.8 Å². The molecule has 15 amide bonds. The van der Waals surface area contributed by atoms with Crippen LogP contribution in [0.2, 0.25) is 0 Å². The van der Waals surface area contributed by atoms with E-state index in [9.17, 15) is 102 Å². The Morgan fingerprint density at radius 3 is 1.32 bits per heavy atom. The van der Waals surface area contributed by atoms with Gasteiger partial charge >= 0.3 is 11.9 Å². The maximum absolute atomic E-state index is 14.6. The number of hydrogen-bond donors (Lipinski definition) is 23. The van der Waals surface area contributed by atoms with Gasteiger partial charge in [-0.25, -0.2) is 4.79 Å². The second kappa shape index (κ2) is 49.0. The normalized spacial score (nSPS) is 16.4. The number of primary amides is 2. The van der Waals surface area contributed by atoms with Gasteiger partial charge in [-0.05, 0) is 107 Å². The van der Waals surface area contributed by atoms with Crippen LogP contribution in [0.25, 0.3) is 0 Å². The summed E-state index contributed by atoms with van der Waals surface area (Å²) in [6.45, 7) is 13.9. The molecular formula is C66H116N22O21S. The third-order valence-corrected chi connectivity index (χ3v) is 17.5. The monoisotopic (exact) mass is 1580 g/mol. The predicted molar refractivity (Wildman–Crippen MR) is 399 cm³/mol. The number of nitrogens with zero attached hydrogens (tertiary/aromatic N) is 3. The average Bonchev–Trinajstić information content (AvgIpc) is 1.60. The maximum Gasteiger partial charge on any atom is 0.326 e. The van der Waals surface area contributed by atoms with Crippen molar-refractivity contribution >= 4 is 124 Å². The summed E-state index contributed by atoms with van der Waals surface area (Å²) in [7, 11) is 0. The molecule has 1 fully saturated rings. The van der Waals surface area contributed by atoms with Gasteiger partial charge in [-0.2, -0.15) is 11.8 Å². The zero-order valence-electron chi connectivity index (χ0n) is 64.0. The first-order valence-electron chi connectivity index (χ1n) is 35.9. The first kappa shape index (κ1) is 97.8. The van der Waals surface area contributed by atoms with E-state index in [4.69, 9.17) is 40.1 Å². The molecule has 622 valence electrons. The fraction of sp³-hybridized carbons (Fsp3) is 0.712. The fourth-order valence-electron chi connectivity index (χ4n) is 11.0. The Bertz CT molecular complexity index is 3260. The van der Waals surface area contributed by atoms with Crippen molar-refractivity contribution in [2.45, 2.75) is 237 Å². The lowest BCUT2D eigenvalue weighted by Gasteiger charge is -2.32. The molecule has 1 aliphatic heterocycles. The Morgan fingerprint density at radius 2 is 0.855 bits per heavy atom. The van der Waals surface area contributed by atoms with Gasteiger partial charge in [0.2, 0.25) is 88.6 Å². The van der Waals surface area contributed by atoms with Crippen molar-refractivity contribution in [1.82, 2.24) is 68.7 Å². The molecule has 15 atom stereocenters. The van der Waals surface area contributed by atoms with Crippen LogP contribution in [0.3, 0.4) is 0 Å². The van der Waals surface area contributed by atoms with E-state index in [-0.39, 0.29) is 107 Å². The number of carboxylic acid groups (broad SMARTS) is 2. The lowest BCUT2D eigenvalue weighted by molar-refractivity contribution is -0.147. The first-order chi connectivity index (χ1) is 51.3. The van der Waals surface area contributed by atoms with Crippen molar-refractivity contribution in [3.63, 3.8) is 0 Å². The summed E-state index contributed by atoms with van der Waals surface area (Å²) in [4.78, 5) is 237. The van der Waals surface area contributed by atoms with Crippen LogP contribution < -0.4 is 104 Å². The van der Waals surface area contributed by atoms with Crippen LogP contribution >= 0.6 is 11.8 Å². The second-order valence-electron chi connectivity index (χ2n) is 28.1. The number of nitrogens with two attached hydrogens (primary N) is 7. The maximum atomic E-state index is 14.6. The number of aliphatic hydroxyl groups excluding tert-OH is 2. The number of aliphatic carboxylic acids is 2. The molecule has 0 bridgehead atoms. The van der Waals surface area contributed by atoms with Gasteiger partial charge in [0.15, 0.2) is 11.9 Å². The Labute approximate surface area is 641 Å². The van der Waals surface area contributed by atoms with Gasteiger partial charge in [-0.15, -0.1) is 0 Å². The first-order valence-corrected chi connectivity index (χ1v) is 37.3. The highest BCUT2D eigenvalue weighted by atomic mass is 32.2. The molecule has 1 heterocycles. The Kier molecular flexibility index (Phi) is 43.6. The smallest absolute Gasteiger partial charge is 0.326 e. The second-order valence-corrected chi connectivity index (χ2v) is 29.1. The molecule has 0 aromatic rings. The van der Waals surface area contributed by atoms with Crippen molar-refractivity contribution in [3.05, 3.63) is 0 Å². The van der Waals surface area contributed by atoms with Crippen molar-refractivity contribution in [1.29, 1.82) is 0 Å². The molecule has 110 heavy (non-hydrogen) atoms. The number of thioether (sulfide) groups is 1. The van der Waals surface area contributed by atoms with E-state index in [1.54, 1.807) is 34.0 Å². The summed E-state index contributed by atoms with van der Waals surface area (Å²) in [5.41, 5.74) is 38.5. The van der Waals surface area contributed by atoms with Crippen LogP contribution in [0.5, 0.6) is 0 Å². The number of hydrogen-bond acceptors (Lipinski definition) is 23. The molecule has 43 nitrogen and oxygen atoms in total. The van der Waals surface area contributed by atoms with Crippen LogP contribution in [-0.2, 0) is 81.5 Å². The van der Waals surface area contributed by atoms with Crippen LogP contribution in [0.4, 0.5) is 0 Å². The molecule has 0 spiro atoms. The van der Waals surface area contributed by atoms with Crippen LogP contribution in [0.15, 0.2) is 9.98 Å². The lowest BCUT2D eigenvalue weighted by atomic mass is 10.0. The molecular weight excluding hydrogens is 1470 g/mol. The van der Waals surface area contributed by atoms with Crippen molar-refractivity contribution in [3.8, 4) is 0 Å². The highest BCUT2D eigenvalue weighted by Crippen LogP contribution is 2.22. The molecule has 0 unspecified atom stereocenters. The number of carbonyl (C=O) groups is 17. The molecule has 44 heteroatoms. The summed E-state index contributed by atoms with van der Waals surface area (Å²) >= 11 is 1.29. The standard InChI is InChI=1S/C66H116N22O21S/c1-29(2)23-39(80-52(96)35(67)25-45(68)91)56(100)78-38(18-22-110-11)54(98)81-40(26-46(69)92)57(101)77-36(15-12-19-74-65(70)71)53(97)76-33(9)51(95)85-48(31(5)6)61(105)84-43(28-89)58(102)87-50(34(10)90)62(106)82-41(24-30(3)4)63(107)88-21-14-17-44(88)59(103)79-37(16-13-20-75-66(72)73)55(99)86-49(32(7)8)60(104)83-42(64(108)109)27-47(93)94/h29-44,48-50,89-90H,12-28,67H2,1-11H3,(H2,68,91)(H2,69,92)(H,76,97)(H,77,101)(H,78,100)(H,79,103)(H,80,96)(H,81,98)(H,82,106)(H,83,104)(H,84,105)(H,85,95)(H,86,99)(H,87,102)(H,93,94)(H,108,109)(H4,70,71,74)(H4,72,73,75)/t33-,34+,35-,36-,37-,38-,39-,40-,41-,42-,43-,44-,48-,49-,50-/m0/s1. The number of amides is 15. The average molecular weight is 1590 g/mol. The number of aliphatic imine (C=N–C) groups is 2. The highest BCUT2D eigenvalue weighted by molar-refractivity contribution is 7.98. The summed E-state index contributed by atoms with van der Waals surface area (Å²) in [5.74, 6) is -20.5. The minimum absolute atomic E-state index is 0.00112. The Hall–Kier alpha value is -10.2. The van der Waals surface area contributed by atoms with Crippen molar-refractivity contribution < 1.29 is 102 Å². The van der Waals surface area contributed by atoms with Gasteiger partial charge in [0.05, 0.1) is 38.0 Å². The van der Waals surface area contributed by atoms with Gasteiger partial charge in [-0.3, -0.25) is 86.7 Å². The van der Waals surface area contributed by atoms with Gasteiger partial charge in [0.1, 0.15) is 78.5 Å². The number of aliphatic hydroxyl groups is 2. The van der Waals surface area contributed by atoms with E-state index in [1.807, 2.05) is 0 Å². The highest BCUT2D eigenvalue weighted by Gasteiger charge is 2.43. The third kappa shape index (κ3) is 35.9. The number of carbonyl (C=O) groups excluding carboxylic acids is 15. The Morgan fingerprint density at radius 1 is 0.455 bits per heavy atom. The number of carboxylic acids is 2. The predicted octanol–water partition coefficient (Wildman–Crippen LogP) is -8.91. The largest absolute Gasteiger partial charge is 0.481 e. The quantitative estimate of drug-likeness (QED) is 0.0153. The third-order valence-electron chi connectivity index (χ3n) is 16.8. The topological polar surface area (TPSA) is 726 Å². The summed E-state index contributed by atoms with van der Waals surface area (Å²) in [5, 5.41) is 69.3. The molecule has 1 saturated heterocycles. The van der Waals surface area contributed by atoms with Crippen molar-refractivity contribution in [2.75, 3.05) is 38.2 Å². The lowest BCUT2D eigenvalue weighted by Crippen LogP contribution is -2.63. The van der Waals surface area contributed by atoms with Gasteiger partial charge in [0.25, 0.3) is 0 Å². The number of likely N-dealkylation sites (tertiary alicyclic amines) is 1. The van der Waals surface area contributed by atoms with E-state index < -0.39 is 229 Å². The molecule has 30 N–H and O–H groups in total. The molecule has 0 radical (unpaired) electrons. The van der Waals surface area contributed by atoms with Crippen LogP contribution in [0.1, 0.15) is 146 Å². The minimum Gasteiger partial charge on any atom is -0.481 e. The molecule has 0 aromatic carbocycles. The van der Waals surface area contributed by atoms with Crippen molar-refractivity contribution in [2.24, 2.45) is 73.8 Å². The zero-order valence-corrected chi connectivity index (χ0v) is 64.8. The van der Waals surface area contributed by atoms with Gasteiger partial charge in [-0.1, -0.05) is 55.4 Å². The number of guanidine groups is 2. The van der Waals surface area contributed by atoms with Gasteiger partial charge < -0.3 is 129 Å². The molecule has 0 saturated carbocycles. The summed E-state index contributed by atoms with van der Waals surface area (Å²) in [6, 6.07) is -21.8. The Balaban J connectivity index is 3.47. The minimum atomic E-state index is -1.89. The van der Waals surface area contributed by atoms with E-state index in [0.29, 0.717) is 0 Å². The number of rotatable bonds is 51. The molecule has 1 aliphatic rings. The zero-order chi connectivity index (χ0) is 84.1. The van der Waals surface area contributed by atoms with Crippen LogP contribution in [0, 0.1) is 23.7 Å². The summed E-state index contributed by atoms with van der Waals surface area (Å²) in [6.07, 6.45) is -2.47. The molecule has 1 rings (SSSR count). The number of nitrogens with one attached hydrogen (secondary N) is 12. The molecule has 0 aliphatic carbocycles. The van der Waals surface area contributed by atoms with Gasteiger partial charge in [0, 0.05) is 19.6 Å². The van der Waals surface area contributed by atoms with E-state index in [0.717, 1.165) is 6.92 Å². The fourth-order valence-corrected chi connectivity index (χ4v) is 11.5.